The number of rotatable bonds is 7. The molecular formula is C19H20N3O5S+. The highest BCUT2D eigenvalue weighted by atomic mass is 32.2. The zero-order valence-electron chi connectivity index (χ0n) is 15.6. The molecule has 0 aliphatic heterocycles. The lowest BCUT2D eigenvalue weighted by molar-refractivity contribution is -0.704. The molecule has 0 saturated heterocycles. The van der Waals surface area contributed by atoms with Gasteiger partial charge in [0.05, 0.1) is 25.2 Å². The van der Waals surface area contributed by atoms with E-state index in [1.807, 2.05) is 30.3 Å². The number of hydrogen-bond donors (Lipinski definition) is 2. The number of amides is 1. The van der Waals surface area contributed by atoms with Gasteiger partial charge in [-0.05, 0) is 40.8 Å². The largest absolute Gasteiger partial charge is 0.497 e. The lowest BCUT2D eigenvalue weighted by Gasteiger charge is -2.13. The van der Waals surface area contributed by atoms with E-state index in [4.69, 9.17) is 14.0 Å². The third-order valence-electron chi connectivity index (χ3n) is 3.95. The topological polar surface area (TPSA) is 97.4 Å². The van der Waals surface area contributed by atoms with Gasteiger partial charge in [0, 0.05) is 18.2 Å². The zero-order valence-corrected chi connectivity index (χ0v) is 16.4. The Bertz CT molecular complexity index is 1020. The van der Waals surface area contributed by atoms with Crippen molar-refractivity contribution in [3.8, 4) is 17.2 Å². The van der Waals surface area contributed by atoms with E-state index in [0.717, 1.165) is 17.4 Å². The molecule has 1 atom stereocenters. The Kier molecular flexibility index (Phi) is 6.05. The number of benzene rings is 2. The summed E-state index contributed by atoms with van der Waals surface area (Å²) in [6.45, 7) is 1.71. The van der Waals surface area contributed by atoms with Crippen molar-refractivity contribution < 1.29 is 23.5 Å². The maximum Gasteiger partial charge on any atom is 0.442 e. The summed E-state index contributed by atoms with van der Waals surface area (Å²) in [6.07, 6.45) is 0. The second-order valence-corrected chi connectivity index (χ2v) is 7.10. The summed E-state index contributed by atoms with van der Waals surface area (Å²) in [4.78, 5) is 24.7. The van der Waals surface area contributed by atoms with Gasteiger partial charge in [0.25, 0.3) is 0 Å². The number of para-hydroxylation sites is 1. The van der Waals surface area contributed by atoms with Crippen LogP contribution in [0.3, 0.4) is 0 Å². The fraction of sp³-hybridized carbons (Fsp3) is 0.211. The van der Waals surface area contributed by atoms with E-state index in [2.05, 4.69) is 10.6 Å². The number of carbonyl (C=O) groups is 1. The highest BCUT2D eigenvalue weighted by molar-refractivity contribution is 8.00. The number of nitrogens with zero attached hydrogens (tertiary/aromatic N) is 1. The van der Waals surface area contributed by atoms with Gasteiger partial charge >= 0.3 is 10.7 Å². The van der Waals surface area contributed by atoms with Crippen LogP contribution in [0.4, 0.5) is 5.69 Å². The molecule has 0 radical (unpaired) electrons. The lowest BCUT2D eigenvalue weighted by atomic mass is 10.2. The minimum absolute atomic E-state index is 0.274. The molecule has 3 rings (SSSR count). The third kappa shape index (κ3) is 4.20. The first-order valence-corrected chi connectivity index (χ1v) is 9.30. The molecule has 2 aromatic carbocycles. The van der Waals surface area contributed by atoms with Crippen LogP contribution in [0.5, 0.6) is 11.5 Å². The summed E-state index contributed by atoms with van der Waals surface area (Å²) in [6, 6.07) is 14.3. The number of aromatic amines is 1. The number of hydrogen-bond acceptors (Lipinski definition) is 6. The van der Waals surface area contributed by atoms with Gasteiger partial charge in [-0.2, -0.15) is 0 Å². The van der Waals surface area contributed by atoms with Crippen molar-refractivity contribution in [2.45, 2.75) is 17.2 Å². The van der Waals surface area contributed by atoms with Crippen LogP contribution in [0.1, 0.15) is 6.92 Å². The number of methoxy groups -OCH3 is 2. The molecule has 1 unspecified atom stereocenters. The Morgan fingerprint density at radius 2 is 1.93 bits per heavy atom. The van der Waals surface area contributed by atoms with Gasteiger partial charge in [0.1, 0.15) is 11.5 Å². The van der Waals surface area contributed by atoms with Crippen LogP contribution in [-0.2, 0) is 4.79 Å². The molecule has 8 nitrogen and oxygen atoms in total. The molecule has 146 valence electrons. The number of anilines is 1. The molecule has 1 aromatic heterocycles. The second kappa shape index (κ2) is 8.66. The second-order valence-electron chi connectivity index (χ2n) is 5.77. The molecule has 1 amide bonds. The van der Waals surface area contributed by atoms with E-state index in [-0.39, 0.29) is 10.9 Å². The quantitative estimate of drug-likeness (QED) is 0.465. The van der Waals surface area contributed by atoms with Gasteiger partial charge in [-0.15, -0.1) is 0 Å². The van der Waals surface area contributed by atoms with E-state index in [0.29, 0.717) is 17.2 Å². The van der Waals surface area contributed by atoms with Gasteiger partial charge in [-0.3, -0.25) is 9.32 Å². The molecule has 0 saturated carbocycles. The van der Waals surface area contributed by atoms with Gasteiger partial charge in [-0.1, -0.05) is 18.2 Å². The summed E-state index contributed by atoms with van der Waals surface area (Å²) >= 11 is 1.09. The molecular weight excluding hydrogens is 382 g/mol. The predicted octanol–water partition coefficient (Wildman–Crippen LogP) is 2.38. The van der Waals surface area contributed by atoms with Gasteiger partial charge < -0.3 is 14.8 Å². The van der Waals surface area contributed by atoms with Crippen LogP contribution in [0.15, 0.2) is 62.9 Å². The van der Waals surface area contributed by atoms with Crippen molar-refractivity contribution >= 4 is 23.4 Å². The molecule has 0 aliphatic carbocycles. The molecule has 2 N–H and O–H groups in total. The maximum absolute atomic E-state index is 12.6. The standard InChI is InChI=1S/C19H19N3O5S/c1-12(17(23)20-15-10-9-14(25-2)11-16(15)26-3)28-18-19(24)27-21-22(18)13-7-5-4-6-8-13/h4-12H,1-3H3,(H-,20,21,23,24)/p+1. The molecule has 0 aliphatic rings. The summed E-state index contributed by atoms with van der Waals surface area (Å²) in [5, 5.41) is 5.07. The van der Waals surface area contributed by atoms with E-state index < -0.39 is 10.9 Å². The average molecular weight is 402 g/mol. The van der Waals surface area contributed by atoms with Gasteiger partial charge in [-0.25, -0.2) is 4.79 Å². The minimum atomic E-state index is -0.569. The van der Waals surface area contributed by atoms with Crippen molar-refractivity contribution in [1.29, 1.82) is 0 Å². The van der Waals surface area contributed by atoms with Crippen molar-refractivity contribution in [2.75, 3.05) is 19.5 Å². The van der Waals surface area contributed by atoms with E-state index in [1.54, 1.807) is 32.2 Å². The number of carbonyl (C=O) groups excluding carboxylic acids is 1. The molecule has 9 heteroatoms. The number of H-pyrrole nitrogens is 1. The molecule has 0 fully saturated rings. The monoisotopic (exact) mass is 402 g/mol. The predicted molar refractivity (Wildman–Crippen MR) is 104 cm³/mol. The van der Waals surface area contributed by atoms with E-state index in [9.17, 15) is 9.59 Å². The molecule has 1 heterocycles. The molecule has 0 bridgehead atoms. The molecule has 3 aromatic rings. The van der Waals surface area contributed by atoms with Crippen LogP contribution < -0.4 is 25.1 Å². The van der Waals surface area contributed by atoms with Crippen LogP contribution >= 0.6 is 11.8 Å². The van der Waals surface area contributed by atoms with Crippen molar-refractivity contribution in [1.82, 2.24) is 5.27 Å². The van der Waals surface area contributed by atoms with Gasteiger partial charge in [0.15, 0.2) is 0 Å². The van der Waals surface area contributed by atoms with E-state index >= 15 is 0 Å². The summed E-state index contributed by atoms with van der Waals surface area (Å²) in [5.41, 5.74) is 0.689. The number of nitrogens with one attached hydrogen (secondary N) is 2. The summed E-state index contributed by atoms with van der Waals surface area (Å²) in [7, 11) is 3.06. The molecule has 0 spiro atoms. The Morgan fingerprint density at radius 3 is 2.61 bits per heavy atom. The van der Waals surface area contributed by atoms with Gasteiger partial charge in [0.2, 0.25) is 11.6 Å². The van der Waals surface area contributed by atoms with Crippen LogP contribution in [0, 0.1) is 0 Å². The number of ether oxygens (including phenoxy) is 2. The zero-order chi connectivity index (χ0) is 20.1. The van der Waals surface area contributed by atoms with E-state index in [1.165, 1.54) is 11.8 Å². The normalized spacial score (nSPS) is 11.7. The van der Waals surface area contributed by atoms with Crippen LogP contribution in [0.2, 0.25) is 0 Å². The maximum atomic E-state index is 12.6. The molecule has 28 heavy (non-hydrogen) atoms. The fourth-order valence-corrected chi connectivity index (χ4v) is 3.36. The fourth-order valence-electron chi connectivity index (χ4n) is 2.47. The van der Waals surface area contributed by atoms with Crippen molar-refractivity contribution in [3.63, 3.8) is 0 Å². The Morgan fingerprint density at radius 1 is 1.18 bits per heavy atom. The highest BCUT2D eigenvalue weighted by Crippen LogP contribution is 2.30. The highest BCUT2D eigenvalue weighted by Gasteiger charge is 2.29. The summed E-state index contributed by atoms with van der Waals surface area (Å²) in [5.74, 6) is 0.810. The van der Waals surface area contributed by atoms with Crippen molar-refractivity contribution in [3.05, 3.63) is 59.0 Å². The summed E-state index contributed by atoms with van der Waals surface area (Å²) < 4.78 is 16.9. The number of thioether (sulfide) groups is 1. The average Bonchev–Trinajstić information content (AvgIpc) is 3.09. The van der Waals surface area contributed by atoms with Crippen LogP contribution in [0.25, 0.3) is 5.69 Å². The lowest BCUT2D eigenvalue weighted by Crippen LogP contribution is -2.37. The smallest absolute Gasteiger partial charge is 0.442 e. The Hall–Kier alpha value is -3.20. The SMILES string of the molecule is COc1ccc(NC(=O)C(C)Sc2c(=O)o[nH][n+]2-c2ccccc2)c(OC)c1. The van der Waals surface area contributed by atoms with Crippen molar-refractivity contribution in [2.24, 2.45) is 0 Å². The van der Waals surface area contributed by atoms with Crippen LogP contribution in [-0.4, -0.2) is 30.6 Å². The Labute approximate surface area is 165 Å². The number of aromatic nitrogens is 2. The first kappa shape index (κ1) is 19.6. The minimum Gasteiger partial charge on any atom is -0.497 e. The first-order chi connectivity index (χ1) is 13.5. The third-order valence-corrected chi connectivity index (χ3v) is 5.09. The Balaban J connectivity index is 1.77. The first-order valence-electron chi connectivity index (χ1n) is 8.42.